The zero-order valence-electron chi connectivity index (χ0n) is 7.03. The van der Waals surface area contributed by atoms with Gasteiger partial charge in [-0.1, -0.05) is 0 Å². The standard InChI is InChI=1S/C8H9ClNO3/c1-13-8(11)6-3-2-4-10(12)7(6)5-9/h2-4,12H,5H2,1H3/q+1. The van der Waals surface area contributed by atoms with E-state index in [1.54, 1.807) is 0 Å². The number of methoxy groups -OCH3 is 1. The van der Waals surface area contributed by atoms with Crippen LogP contribution in [-0.4, -0.2) is 18.3 Å². The monoisotopic (exact) mass is 202 g/mol. The molecule has 0 fully saturated rings. The maximum atomic E-state index is 11.1. The van der Waals surface area contributed by atoms with Crippen molar-refractivity contribution in [3.63, 3.8) is 0 Å². The van der Waals surface area contributed by atoms with E-state index in [9.17, 15) is 10.0 Å². The van der Waals surface area contributed by atoms with Gasteiger partial charge in [0.05, 0.1) is 7.11 Å². The number of carbonyl (C=O) groups excluding carboxylic acids is 1. The van der Waals surface area contributed by atoms with E-state index in [1.165, 1.54) is 25.4 Å². The number of halogens is 1. The average molecular weight is 203 g/mol. The van der Waals surface area contributed by atoms with Crippen LogP contribution >= 0.6 is 11.6 Å². The first-order chi connectivity index (χ1) is 6.20. The zero-order valence-corrected chi connectivity index (χ0v) is 7.78. The van der Waals surface area contributed by atoms with Crippen molar-refractivity contribution in [2.24, 2.45) is 0 Å². The van der Waals surface area contributed by atoms with E-state index in [2.05, 4.69) is 4.74 Å². The molecular formula is C8H9ClNO3+. The van der Waals surface area contributed by atoms with Gasteiger partial charge in [0, 0.05) is 10.8 Å². The number of hydrogen-bond acceptors (Lipinski definition) is 3. The van der Waals surface area contributed by atoms with Crippen LogP contribution in [0.2, 0.25) is 0 Å². The van der Waals surface area contributed by atoms with Crippen molar-refractivity contribution in [1.29, 1.82) is 0 Å². The molecule has 0 unspecified atom stereocenters. The Balaban J connectivity index is 3.20. The smallest absolute Gasteiger partial charge is 0.344 e. The van der Waals surface area contributed by atoms with Gasteiger partial charge in [0.25, 0.3) is 5.69 Å². The van der Waals surface area contributed by atoms with E-state index in [1.807, 2.05) is 0 Å². The molecule has 0 saturated heterocycles. The molecule has 70 valence electrons. The molecule has 0 aromatic carbocycles. The van der Waals surface area contributed by atoms with Crippen molar-refractivity contribution < 1.29 is 19.5 Å². The van der Waals surface area contributed by atoms with Gasteiger partial charge in [-0.2, -0.15) is 0 Å². The fraction of sp³-hybridized carbons (Fsp3) is 0.250. The van der Waals surface area contributed by atoms with Crippen molar-refractivity contribution in [2.75, 3.05) is 7.11 Å². The number of aromatic nitrogens is 1. The van der Waals surface area contributed by atoms with E-state index in [0.29, 0.717) is 5.69 Å². The summed E-state index contributed by atoms with van der Waals surface area (Å²) in [6.07, 6.45) is 1.39. The van der Waals surface area contributed by atoms with Gasteiger partial charge < -0.3 is 4.74 Å². The lowest BCUT2D eigenvalue weighted by molar-refractivity contribution is -0.909. The molecule has 1 aromatic heterocycles. The highest BCUT2D eigenvalue weighted by Gasteiger charge is 2.20. The van der Waals surface area contributed by atoms with E-state index in [0.717, 1.165) is 4.73 Å². The molecule has 5 heteroatoms. The summed E-state index contributed by atoms with van der Waals surface area (Å²) in [7, 11) is 1.27. The second-order valence-corrected chi connectivity index (χ2v) is 2.61. The lowest BCUT2D eigenvalue weighted by Crippen LogP contribution is -2.36. The first kappa shape index (κ1) is 9.80. The molecule has 0 saturated carbocycles. The van der Waals surface area contributed by atoms with Crippen LogP contribution in [0.5, 0.6) is 0 Å². The number of pyridine rings is 1. The molecule has 0 radical (unpaired) electrons. The molecule has 0 aliphatic rings. The molecule has 1 heterocycles. The molecule has 0 aliphatic heterocycles. The van der Waals surface area contributed by atoms with Gasteiger partial charge in [-0.25, -0.2) is 4.79 Å². The van der Waals surface area contributed by atoms with Crippen LogP contribution in [0.15, 0.2) is 18.3 Å². The number of carbonyl (C=O) groups is 1. The van der Waals surface area contributed by atoms with Crippen LogP contribution in [0.25, 0.3) is 0 Å². The summed E-state index contributed by atoms with van der Waals surface area (Å²) in [6, 6.07) is 3.07. The van der Waals surface area contributed by atoms with Crippen LogP contribution < -0.4 is 4.73 Å². The molecule has 0 amide bonds. The SMILES string of the molecule is COC(=O)c1ccc[n+](O)c1CCl. The number of alkyl halides is 1. The highest BCUT2D eigenvalue weighted by Crippen LogP contribution is 2.07. The Morgan fingerprint density at radius 3 is 3.00 bits per heavy atom. The highest BCUT2D eigenvalue weighted by molar-refractivity contribution is 6.17. The topological polar surface area (TPSA) is 50.4 Å². The molecule has 0 aliphatic carbocycles. The van der Waals surface area contributed by atoms with Crippen molar-refractivity contribution in [1.82, 2.24) is 0 Å². The molecule has 0 atom stereocenters. The molecular weight excluding hydrogens is 194 g/mol. The minimum atomic E-state index is -0.515. The summed E-state index contributed by atoms with van der Waals surface area (Å²) >= 11 is 5.55. The number of ether oxygens (including phenoxy) is 1. The summed E-state index contributed by atoms with van der Waals surface area (Å²) in [6.45, 7) is 0. The fourth-order valence-corrected chi connectivity index (χ4v) is 1.23. The van der Waals surface area contributed by atoms with Crippen molar-refractivity contribution in [3.05, 3.63) is 29.6 Å². The van der Waals surface area contributed by atoms with E-state index >= 15 is 0 Å². The third-order valence-corrected chi connectivity index (χ3v) is 1.86. The number of hydrogen-bond donors (Lipinski definition) is 1. The Labute approximate surface area is 80.3 Å². The number of esters is 1. The van der Waals surface area contributed by atoms with E-state index in [-0.39, 0.29) is 11.4 Å². The van der Waals surface area contributed by atoms with Gasteiger partial charge in [-0.3, -0.25) is 5.21 Å². The van der Waals surface area contributed by atoms with E-state index < -0.39 is 5.97 Å². The minimum Gasteiger partial charge on any atom is -0.465 e. The fourth-order valence-electron chi connectivity index (χ4n) is 0.959. The van der Waals surface area contributed by atoms with Gasteiger partial charge in [-0.15, -0.1) is 11.6 Å². The van der Waals surface area contributed by atoms with Gasteiger partial charge in [0.1, 0.15) is 11.4 Å². The Bertz CT molecular complexity index is 327. The first-order valence-electron chi connectivity index (χ1n) is 3.57. The number of rotatable bonds is 2. The molecule has 4 nitrogen and oxygen atoms in total. The predicted molar refractivity (Wildman–Crippen MR) is 44.7 cm³/mol. The third-order valence-electron chi connectivity index (χ3n) is 1.61. The highest BCUT2D eigenvalue weighted by atomic mass is 35.5. The first-order valence-corrected chi connectivity index (χ1v) is 4.11. The zero-order chi connectivity index (χ0) is 9.84. The maximum Gasteiger partial charge on any atom is 0.344 e. The van der Waals surface area contributed by atoms with Crippen LogP contribution in [0.3, 0.4) is 0 Å². The summed E-state index contributed by atoms with van der Waals surface area (Å²) in [5.74, 6) is -0.471. The maximum absolute atomic E-state index is 11.1. The summed E-state index contributed by atoms with van der Waals surface area (Å²) < 4.78 is 5.32. The second kappa shape index (κ2) is 4.09. The van der Waals surface area contributed by atoms with Gasteiger partial charge in [-0.05, 0) is 6.07 Å². The molecule has 13 heavy (non-hydrogen) atoms. The lowest BCUT2D eigenvalue weighted by atomic mass is 10.2. The van der Waals surface area contributed by atoms with Gasteiger partial charge in [0.15, 0.2) is 0 Å². The summed E-state index contributed by atoms with van der Waals surface area (Å²) in [4.78, 5) is 11.1. The largest absolute Gasteiger partial charge is 0.465 e. The summed E-state index contributed by atoms with van der Waals surface area (Å²) in [5, 5.41) is 9.26. The molecule has 1 aromatic rings. The van der Waals surface area contributed by atoms with Crippen LogP contribution in [0.1, 0.15) is 16.1 Å². The van der Waals surface area contributed by atoms with Gasteiger partial charge in [0.2, 0.25) is 6.20 Å². The van der Waals surface area contributed by atoms with Crippen LogP contribution in [0.4, 0.5) is 0 Å². The normalized spacial score (nSPS) is 9.69. The molecule has 1 N–H and O–H groups in total. The van der Waals surface area contributed by atoms with Crippen LogP contribution in [-0.2, 0) is 10.6 Å². The third kappa shape index (κ3) is 1.89. The molecule has 1 rings (SSSR count). The Morgan fingerprint density at radius 1 is 1.77 bits per heavy atom. The summed E-state index contributed by atoms with van der Waals surface area (Å²) in [5.41, 5.74) is 0.582. The van der Waals surface area contributed by atoms with Gasteiger partial charge >= 0.3 is 5.97 Å². The lowest BCUT2D eigenvalue weighted by Gasteiger charge is -1.99. The van der Waals surface area contributed by atoms with Crippen molar-refractivity contribution in [3.8, 4) is 0 Å². The second-order valence-electron chi connectivity index (χ2n) is 2.34. The average Bonchev–Trinajstić information content (AvgIpc) is 2.16. The van der Waals surface area contributed by atoms with Crippen molar-refractivity contribution in [2.45, 2.75) is 5.88 Å². The Morgan fingerprint density at radius 2 is 2.46 bits per heavy atom. The quantitative estimate of drug-likeness (QED) is 0.333. The number of nitrogens with zero attached hydrogens (tertiary/aromatic N) is 1. The van der Waals surface area contributed by atoms with Crippen LogP contribution in [0, 0.1) is 0 Å². The van der Waals surface area contributed by atoms with E-state index in [4.69, 9.17) is 11.6 Å². The molecule has 0 spiro atoms. The minimum absolute atomic E-state index is 0.0434. The Kier molecular flexibility index (Phi) is 3.08. The molecule has 0 bridgehead atoms. The van der Waals surface area contributed by atoms with Crippen molar-refractivity contribution >= 4 is 17.6 Å². The Hall–Kier alpha value is -1.29. The predicted octanol–water partition coefficient (Wildman–Crippen LogP) is 0.737.